The number of fused-ring (bicyclic) bond motifs is 3. The van der Waals surface area contributed by atoms with Gasteiger partial charge < -0.3 is 9.30 Å². The van der Waals surface area contributed by atoms with Crippen LogP contribution in [0.4, 0.5) is 4.79 Å². The smallest absolute Gasteiger partial charge is 0.410 e. The first-order valence-corrected chi connectivity index (χ1v) is 6.90. The lowest BCUT2D eigenvalue weighted by Crippen LogP contribution is -2.33. The summed E-state index contributed by atoms with van der Waals surface area (Å²) in [6.07, 6.45) is -0.238. The van der Waals surface area contributed by atoms with E-state index in [-0.39, 0.29) is 6.09 Å². The van der Waals surface area contributed by atoms with Gasteiger partial charge in [0.15, 0.2) is 0 Å². The fraction of sp³-hybridized carbons (Fsp3) is 0.438. The molecule has 20 heavy (non-hydrogen) atoms. The minimum absolute atomic E-state index is 0.238. The van der Waals surface area contributed by atoms with Crippen LogP contribution in [0.5, 0.6) is 0 Å². The topological polar surface area (TPSA) is 34.5 Å². The van der Waals surface area contributed by atoms with Crippen LogP contribution in [0.2, 0.25) is 0 Å². The normalized spacial score (nSPS) is 14.7. The molecule has 0 saturated heterocycles. The molecule has 0 bridgehead atoms. The molecule has 106 valence electrons. The molecule has 1 amide bonds. The number of carbonyl (C=O) groups is 1. The molecular formula is C16H20N2O2. The summed E-state index contributed by atoms with van der Waals surface area (Å²) in [5.41, 5.74) is 3.22. The second-order valence-electron chi connectivity index (χ2n) is 6.34. The molecule has 0 spiro atoms. The molecule has 1 aromatic heterocycles. The summed E-state index contributed by atoms with van der Waals surface area (Å²) in [6, 6.07) is 8.32. The van der Waals surface area contributed by atoms with Crippen molar-refractivity contribution in [1.29, 1.82) is 0 Å². The number of nitrogens with zero attached hydrogens (tertiary/aromatic N) is 2. The Kier molecular flexibility index (Phi) is 2.78. The van der Waals surface area contributed by atoms with E-state index in [1.165, 1.54) is 22.2 Å². The Balaban J connectivity index is 1.90. The predicted octanol–water partition coefficient (Wildman–Crippen LogP) is 3.43. The van der Waals surface area contributed by atoms with E-state index in [0.717, 1.165) is 0 Å². The first kappa shape index (κ1) is 13.0. The molecule has 0 saturated carbocycles. The van der Waals surface area contributed by atoms with E-state index >= 15 is 0 Å². The lowest BCUT2D eigenvalue weighted by Gasteiger charge is -2.24. The second kappa shape index (κ2) is 4.27. The average molecular weight is 272 g/mol. The number of aryl methyl sites for hydroxylation is 1. The van der Waals surface area contributed by atoms with E-state index in [0.29, 0.717) is 13.1 Å². The van der Waals surface area contributed by atoms with Crippen LogP contribution in [-0.2, 0) is 24.9 Å². The molecule has 0 unspecified atom stereocenters. The summed E-state index contributed by atoms with van der Waals surface area (Å²) in [6.45, 7) is 6.93. The number of ether oxygens (including phenoxy) is 1. The van der Waals surface area contributed by atoms with Gasteiger partial charge in [0.05, 0.1) is 13.1 Å². The second-order valence-corrected chi connectivity index (χ2v) is 6.34. The molecule has 0 atom stereocenters. The molecule has 4 nitrogen and oxygen atoms in total. The summed E-state index contributed by atoms with van der Waals surface area (Å²) in [5, 5.41) is 1.23. The van der Waals surface area contributed by atoms with Crippen LogP contribution in [0.1, 0.15) is 32.0 Å². The molecule has 1 aliphatic rings. The first-order chi connectivity index (χ1) is 9.37. The Hall–Kier alpha value is -1.97. The maximum Gasteiger partial charge on any atom is 0.410 e. The molecule has 1 aromatic carbocycles. The Bertz CT molecular complexity index is 680. The highest BCUT2D eigenvalue weighted by molar-refractivity contribution is 5.87. The number of para-hydroxylation sites is 1. The van der Waals surface area contributed by atoms with Gasteiger partial charge in [-0.15, -0.1) is 0 Å². The van der Waals surface area contributed by atoms with Crippen LogP contribution in [0.25, 0.3) is 10.9 Å². The van der Waals surface area contributed by atoms with Crippen LogP contribution in [-0.4, -0.2) is 21.2 Å². The third kappa shape index (κ3) is 2.05. The number of hydrogen-bond acceptors (Lipinski definition) is 2. The molecule has 1 aliphatic heterocycles. The fourth-order valence-corrected chi connectivity index (χ4v) is 2.79. The van der Waals surface area contributed by atoms with Gasteiger partial charge in [-0.2, -0.15) is 0 Å². The molecule has 2 aromatic rings. The summed E-state index contributed by atoms with van der Waals surface area (Å²) in [5.74, 6) is 0. The SMILES string of the molecule is Cn1c2c(c3ccccc31)CN(C(=O)OC(C)(C)C)C2. The van der Waals surface area contributed by atoms with Gasteiger partial charge in [0.1, 0.15) is 5.60 Å². The number of amides is 1. The number of hydrogen-bond donors (Lipinski definition) is 0. The quantitative estimate of drug-likeness (QED) is 0.736. The number of aromatic nitrogens is 1. The van der Waals surface area contributed by atoms with Gasteiger partial charge in [-0.05, 0) is 26.8 Å². The Labute approximate surface area is 118 Å². The molecule has 0 N–H and O–H groups in total. The van der Waals surface area contributed by atoms with Crippen molar-refractivity contribution in [1.82, 2.24) is 9.47 Å². The van der Waals surface area contributed by atoms with E-state index in [1.807, 2.05) is 32.9 Å². The fourth-order valence-electron chi connectivity index (χ4n) is 2.79. The van der Waals surface area contributed by atoms with Crippen molar-refractivity contribution in [2.45, 2.75) is 39.5 Å². The molecule has 0 fully saturated rings. The van der Waals surface area contributed by atoms with Crippen molar-refractivity contribution >= 4 is 17.0 Å². The van der Waals surface area contributed by atoms with Crippen molar-refractivity contribution < 1.29 is 9.53 Å². The van der Waals surface area contributed by atoms with Crippen molar-refractivity contribution in [2.75, 3.05) is 0 Å². The molecule has 2 heterocycles. The van der Waals surface area contributed by atoms with Crippen molar-refractivity contribution in [3.05, 3.63) is 35.5 Å². The Morgan fingerprint density at radius 3 is 2.60 bits per heavy atom. The highest BCUT2D eigenvalue weighted by Crippen LogP contribution is 2.33. The zero-order valence-corrected chi connectivity index (χ0v) is 12.4. The van der Waals surface area contributed by atoms with Gasteiger partial charge in [0, 0.05) is 29.2 Å². The third-order valence-electron chi connectivity index (χ3n) is 3.69. The van der Waals surface area contributed by atoms with Crippen molar-refractivity contribution in [3.63, 3.8) is 0 Å². The largest absolute Gasteiger partial charge is 0.444 e. The molecule has 0 radical (unpaired) electrons. The van der Waals surface area contributed by atoms with Gasteiger partial charge in [-0.3, -0.25) is 4.90 Å². The van der Waals surface area contributed by atoms with Crippen LogP contribution in [0.15, 0.2) is 24.3 Å². The van der Waals surface area contributed by atoms with E-state index in [2.05, 4.69) is 23.7 Å². The van der Waals surface area contributed by atoms with Crippen LogP contribution < -0.4 is 0 Å². The lowest BCUT2D eigenvalue weighted by atomic mass is 10.1. The van der Waals surface area contributed by atoms with Gasteiger partial charge >= 0.3 is 6.09 Å². The minimum Gasteiger partial charge on any atom is -0.444 e. The number of carbonyl (C=O) groups excluding carboxylic acids is 1. The summed E-state index contributed by atoms with van der Waals surface area (Å²) in [4.78, 5) is 13.9. The van der Waals surface area contributed by atoms with Crippen molar-refractivity contribution in [2.24, 2.45) is 7.05 Å². The maximum absolute atomic E-state index is 12.2. The number of benzene rings is 1. The van der Waals surface area contributed by atoms with E-state index in [9.17, 15) is 4.79 Å². The van der Waals surface area contributed by atoms with E-state index in [1.54, 1.807) is 4.90 Å². The molecular weight excluding hydrogens is 252 g/mol. The Morgan fingerprint density at radius 2 is 1.90 bits per heavy atom. The predicted molar refractivity (Wildman–Crippen MR) is 78.4 cm³/mol. The number of rotatable bonds is 0. The molecule has 4 heteroatoms. The third-order valence-corrected chi connectivity index (χ3v) is 3.69. The highest BCUT2D eigenvalue weighted by Gasteiger charge is 2.31. The average Bonchev–Trinajstić information content (AvgIpc) is 2.89. The molecule has 3 rings (SSSR count). The summed E-state index contributed by atoms with van der Waals surface area (Å²) in [7, 11) is 2.06. The van der Waals surface area contributed by atoms with Gasteiger partial charge in [-0.25, -0.2) is 4.79 Å². The van der Waals surface area contributed by atoms with Crippen LogP contribution in [0, 0.1) is 0 Å². The van der Waals surface area contributed by atoms with Gasteiger partial charge in [0.25, 0.3) is 0 Å². The van der Waals surface area contributed by atoms with Gasteiger partial charge in [0.2, 0.25) is 0 Å². The standard InChI is InChI=1S/C16H20N2O2/c1-16(2,3)20-15(19)18-9-12-11-7-5-6-8-13(11)17(4)14(12)10-18/h5-8H,9-10H2,1-4H3. The zero-order valence-electron chi connectivity index (χ0n) is 12.4. The van der Waals surface area contributed by atoms with Crippen LogP contribution >= 0.6 is 0 Å². The van der Waals surface area contributed by atoms with Crippen molar-refractivity contribution in [3.8, 4) is 0 Å². The molecule has 0 aliphatic carbocycles. The summed E-state index contributed by atoms with van der Waals surface area (Å²) >= 11 is 0. The zero-order chi connectivity index (χ0) is 14.5. The van der Waals surface area contributed by atoms with E-state index in [4.69, 9.17) is 4.74 Å². The summed E-state index contributed by atoms with van der Waals surface area (Å²) < 4.78 is 7.63. The van der Waals surface area contributed by atoms with Gasteiger partial charge in [-0.1, -0.05) is 18.2 Å². The first-order valence-electron chi connectivity index (χ1n) is 6.90. The Morgan fingerprint density at radius 1 is 1.20 bits per heavy atom. The lowest BCUT2D eigenvalue weighted by molar-refractivity contribution is 0.0240. The maximum atomic E-state index is 12.2. The monoisotopic (exact) mass is 272 g/mol. The van der Waals surface area contributed by atoms with Crippen LogP contribution in [0.3, 0.4) is 0 Å². The minimum atomic E-state index is -0.450. The highest BCUT2D eigenvalue weighted by atomic mass is 16.6. The van der Waals surface area contributed by atoms with E-state index < -0.39 is 5.60 Å².